The largest absolute Gasteiger partial charge is 0.484 e. The molecule has 0 bridgehead atoms. The Labute approximate surface area is 142 Å². The number of halogens is 4. The summed E-state index contributed by atoms with van der Waals surface area (Å²) in [6, 6.07) is 10.2. The monoisotopic (exact) mass is 355 g/mol. The van der Waals surface area contributed by atoms with Crippen LogP contribution in [0.5, 0.6) is 5.75 Å². The van der Waals surface area contributed by atoms with E-state index in [4.69, 9.17) is 4.74 Å². The second-order valence-corrected chi connectivity index (χ2v) is 5.35. The maximum Gasteiger partial charge on any atom is 0.416 e. The Hall–Kier alpha value is -2.57. The predicted molar refractivity (Wildman–Crippen MR) is 84.4 cm³/mol. The highest BCUT2D eigenvalue weighted by molar-refractivity contribution is 5.77. The number of carbonyl (C=O) groups is 1. The van der Waals surface area contributed by atoms with Gasteiger partial charge in [0.05, 0.1) is 5.56 Å². The lowest BCUT2D eigenvalue weighted by molar-refractivity contribution is -0.137. The lowest BCUT2D eigenvalue weighted by Gasteiger charge is -2.21. The first-order valence-electron chi connectivity index (χ1n) is 7.62. The molecule has 0 radical (unpaired) electrons. The van der Waals surface area contributed by atoms with E-state index < -0.39 is 30.1 Å². The summed E-state index contributed by atoms with van der Waals surface area (Å²) in [5.41, 5.74) is -0.223. The standard InChI is InChI=1S/C18H17F4NO2/c1-2-23(11-13-5-3-7-15(19)9-13)17(24)12-25-16-8-4-6-14(10-16)18(20,21)22/h3-10H,2,11-12H2,1H3. The van der Waals surface area contributed by atoms with Crippen LogP contribution in [0, 0.1) is 5.82 Å². The summed E-state index contributed by atoms with van der Waals surface area (Å²) in [6.45, 7) is 1.91. The maximum absolute atomic E-state index is 13.2. The van der Waals surface area contributed by atoms with Gasteiger partial charge in [-0.3, -0.25) is 4.79 Å². The van der Waals surface area contributed by atoms with Crippen LogP contribution in [0.4, 0.5) is 17.6 Å². The van der Waals surface area contributed by atoms with Gasteiger partial charge in [-0.1, -0.05) is 18.2 Å². The second-order valence-electron chi connectivity index (χ2n) is 5.35. The number of rotatable bonds is 6. The van der Waals surface area contributed by atoms with E-state index in [0.717, 1.165) is 12.1 Å². The van der Waals surface area contributed by atoms with Gasteiger partial charge in [0.2, 0.25) is 0 Å². The first kappa shape index (κ1) is 18.8. The van der Waals surface area contributed by atoms with Crippen molar-refractivity contribution in [2.45, 2.75) is 19.6 Å². The first-order chi connectivity index (χ1) is 11.8. The molecule has 0 spiro atoms. The average Bonchev–Trinajstić information content (AvgIpc) is 2.57. The van der Waals surface area contributed by atoms with Crippen LogP contribution in [0.15, 0.2) is 48.5 Å². The molecule has 7 heteroatoms. The van der Waals surface area contributed by atoms with Gasteiger partial charge in [0.15, 0.2) is 6.61 Å². The van der Waals surface area contributed by atoms with Gasteiger partial charge in [-0.05, 0) is 42.8 Å². The minimum Gasteiger partial charge on any atom is -0.484 e. The van der Waals surface area contributed by atoms with Crippen molar-refractivity contribution in [3.8, 4) is 5.75 Å². The predicted octanol–water partition coefficient (Wildman–Crippen LogP) is 4.27. The molecular formula is C18H17F4NO2. The number of alkyl halides is 3. The number of ether oxygens (including phenoxy) is 1. The summed E-state index contributed by atoms with van der Waals surface area (Å²) in [4.78, 5) is 13.6. The summed E-state index contributed by atoms with van der Waals surface area (Å²) in [6.07, 6.45) is -4.48. The maximum atomic E-state index is 13.2. The zero-order chi connectivity index (χ0) is 18.4. The van der Waals surface area contributed by atoms with Crippen LogP contribution in [0.2, 0.25) is 0 Å². The van der Waals surface area contributed by atoms with Gasteiger partial charge < -0.3 is 9.64 Å². The van der Waals surface area contributed by atoms with E-state index in [1.165, 1.54) is 29.2 Å². The molecule has 0 unspecified atom stereocenters. The minimum absolute atomic E-state index is 0.0371. The fourth-order valence-corrected chi connectivity index (χ4v) is 2.23. The summed E-state index contributed by atoms with van der Waals surface area (Å²) >= 11 is 0. The molecule has 0 N–H and O–H groups in total. The van der Waals surface area contributed by atoms with E-state index in [2.05, 4.69) is 0 Å². The Balaban J connectivity index is 1.98. The van der Waals surface area contributed by atoms with Crippen molar-refractivity contribution in [1.82, 2.24) is 4.90 Å². The Morgan fingerprint density at radius 2 is 1.84 bits per heavy atom. The van der Waals surface area contributed by atoms with Crippen LogP contribution < -0.4 is 4.74 Å². The van der Waals surface area contributed by atoms with Gasteiger partial charge >= 0.3 is 6.18 Å². The molecule has 1 amide bonds. The molecule has 0 heterocycles. The molecular weight excluding hydrogens is 338 g/mol. The quantitative estimate of drug-likeness (QED) is 0.724. The molecule has 0 aliphatic carbocycles. The number of amides is 1. The summed E-state index contributed by atoms with van der Waals surface area (Å²) in [5, 5.41) is 0. The Bertz CT molecular complexity index is 731. The Morgan fingerprint density at radius 1 is 1.12 bits per heavy atom. The topological polar surface area (TPSA) is 29.5 Å². The molecule has 0 saturated carbocycles. The van der Waals surface area contributed by atoms with E-state index in [0.29, 0.717) is 12.1 Å². The molecule has 2 aromatic rings. The van der Waals surface area contributed by atoms with E-state index in [-0.39, 0.29) is 12.3 Å². The molecule has 0 aliphatic heterocycles. The van der Waals surface area contributed by atoms with E-state index in [1.807, 2.05) is 0 Å². The minimum atomic E-state index is -4.48. The van der Waals surface area contributed by atoms with Crippen molar-refractivity contribution in [1.29, 1.82) is 0 Å². The SMILES string of the molecule is CCN(Cc1cccc(F)c1)C(=O)COc1cccc(C(F)(F)F)c1. The zero-order valence-corrected chi connectivity index (χ0v) is 13.5. The van der Waals surface area contributed by atoms with Crippen LogP contribution in [-0.2, 0) is 17.5 Å². The van der Waals surface area contributed by atoms with Gasteiger partial charge in [-0.2, -0.15) is 13.2 Å². The lowest BCUT2D eigenvalue weighted by atomic mass is 10.2. The summed E-state index contributed by atoms with van der Waals surface area (Å²) in [5.74, 6) is -0.838. The molecule has 0 saturated heterocycles. The van der Waals surface area contributed by atoms with Crippen molar-refractivity contribution in [3.05, 3.63) is 65.5 Å². The lowest BCUT2D eigenvalue weighted by Crippen LogP contribution is -2.34. The number of hydrogen-bond donors (Lipinski definition) is 0. The number of hydrogen-bond acceptors (Lipinski definition) is 2. The third kappa shape index (κ3) is 5.48. The van der Waals surface area contributed by atoms with Crippen molar-refractivity contribution >= 4 is 5.91 Å². The molecule has 0 aliphatic rings. The fourth-order valence-electron chi connectivity index (χ4n) is 2.23. The fraction of sp³-hybridized carbons (Fsp3) is 0.278. The molecule has 2 rings (SSSR count). The highest BCUT2D eigenvalue weighted by atomic mass is 19.4. The molecule has 25 heavy (non-hydrogen) atoms. The van der Waals surface area contributed by atoms with E-state index >= 15 is 0 Å². The van der Waals surface area contributed by atoms with Crippen molar-refractivity contribution < 1.29 is 27.1 Å². The molecule has 0 fully saturated rings. The average molecular weight is 355 g/mol. The van der Waals surface area contributed by atoms with Crippen LogP contribution in [0.25, 0.3) is 0 Å². The number of carbonyl (C=O) groups excluding carboxylic acids is 1. The third-order valence-electron chi connectivity index (χ3n) is 3.52. The van der Waals surface area contributed by atoms with Crippen LogP contribution in [0.3, 0.4) is 0 Å². The molecule has 0 atom stereocenters. The van der Waals surface area contributed by atoms with Crippen molar-refractivity contribution in [3.63, 3.8) is 0 Å². The highest BCUT2D eigenvalue weighted by Gasteiger charge is 2.30. The Morgan fingerprint density at radius 3 is 2.48 bits per heavy atom. The third-order valence-corrected chi connectivity index (χ3v) is 3.52. The van der Waals surface area contributed by atoms with E-state index in [9.17, 15) is 22.4 Å². The van der Waals surface area contributed by atoms with Gasteiger partial charge in [0.25, 0.3) is 5.91 Å². The number of likely N-dealkylation sites (N-methyl/N-ethyl adjacent to an activating group) is 1. The molecule has 3 nitrogen and oxygen atoms in total. The van der Waals surface area contributed by atoms with Gasteiger partial charge in [-0.25, -0.2) is 4.39 Å². The van der Waals surface area contributed by atoms with Gasteiger partial charge in [0, 0.05) is 13.1 Å². The second kappa shape index (κ2) is 8.00. The summed E-state index contributed by atoms with van der Waals surface area (Å²) < 4.78 is 56.4. The molecule has 134 valence electrons. The van der Waals surface area contributed by atoms with Crippen molar-refractivity contribution in [2.75, 3.05) is 13.2 Å². The normalized spacial score (nSPS) is 11.2. The smallest absolute Gasteiger partial charge is 0.416 e. The number of nitrogens with zero attached hydrogens (tertiary/aromatic N) is 1. The number of benzene rings is 2. The van der Waals surface area contributed by atoms with Gasteiger partial charge in [0.1, 0.15) is 11.6 Å². The molecule has 0 aromatic heterocycles. The van der Waals surface area contributed by atoms with Crippen molar-refractivity contribution in [2.24, 2.45) is 0 Å². The molecule has 2 aromatic carbocycles. The van der Waals surface area contributed by atoms with Crippen LogP contribution >= 0.6 is 0 Å². The van der Waals surface area contributed by atoms with E-state index in [1.54, 1.807) is 19.1 Å². The highest BCUT2D eigenvalue weighted by Crippen LogP contribution is 2.31. The van der Waals surface area contributed by atoms with Crippen LogP contribution in [0.1, 0.15) is 18.1 Å². The first-order valence-corrected chi connectivity index (χ1v) is 7.62. The Kier molecular flexibility index (Phi) is 6.01. The van der Waals surface area contributed by atoms with Gasteiger partial charge in [-0.15, -0.1) is 0 Å². The zero-order valence-electron chi connectivity index (χ0n) is 13.5. The summed E-state index contributed by atoms with van der Waals surface area (Å²) in [7, 11) is 0. The van der Waals surface area contributed by atoms with Crippen LogP contribution in [-0.4, -0.2) is 24.0 Å².